The van der Waals surface area contributed by atoms with Gasteiger partial charge in [0.2, 0.25) is 5.91 Å². The molecule has 0 unspecified atom stereocenters. The first-order valence-corrected chi connectivity index (χ1v) is 7.45. The molecule has 0 aromatic heterocycles. The first-order valence-electron chi connectivity index (χ1n) is 7.45. The standard InChI is InChI=1S/C15H23NO5/c1-5-20-12(18)15-8-6-10(7-9-15)16(11(15)17)13(19)21-14(2,3)4/h10H,5-9H2,1-4H3. The summed E-state index contributed by atoms with van der Waals surface area (Å²) in [5, 5.41) is 0. The van der Waals surface area contributed by atoms with Gasteiger partial charge in [-0.25, -0.2) is 9.69 Å². The van der Waals surface area contributed by atoms with Gasteiger partial charge in [0.25, 0.3) is 0 Å². The quantitative estimate of drug-likeness (QED) is 0.577. The van der Waals surface area contributed by atoms with Crippen molar-refractivity contribution < 1.29 is 23.9 Å². The third-order valence-corrected chi connectivity index (χ3v) is 4.06. The summed E-state index contributed by atoms with van der Waals surface area (Å²) in [6.45, 7) is 7.18. The van der Waals surface area contributed by atoms with Gasteiger partial charge in [-0.05, 0) is 53.4 Å². The van der Waals surface area contributed by atoms with Crippen molar-refractivity contribution in [3.63, 3.8) is 0 Å². The van der Waals surface area contributed by atoms with Crippen LogP contribution in [0.25, 0.3) is 0 Å². The number of rotatable bonds is 2. The number of carbonyl (C=O) groups excluding carboxylic acids is 3. The zero-order chi connectivity index (χ0) is 15.8. The minimum absolute atomic E-state index is 0.163. The van der Waals surface area contributed by atoms with Crippen LogP contribution in [0.1, 0.15) is 53.4 Å². The van der Waals surface area contributed by atoms with Gasteiger partial charge in [-0.15, -0.1) is 0 Å². The zero-order valence-electron chi connectivity index (χ0n) is 13.1. The normalized spacial score (nSPS) is 28.5. The Bertz CT molecular complexity index is 457. The highest BCUT2D eigenvalue weighted by atomic mass is 16.6. The van der Waals surface area contributed by atoms with E-state index in [-0.39, 0.29) is 12.6 Å². The van der Waals surface area contributed by atoms with Crippen LogP contribution >= 0.6 is 0 Å². The van der Waals surface area contributed by atoms with Crippen LogP contribution in [0.4, 0.5) is 4.79 Å². The van der Waals surface area contributed by atoms with Crippen molar-refractivity contribution in [3.05, 3.63) is 0 Å². The second-order valence-corrected chi connectivity index (χ2v) is 6.69. The Morgan fingerprint density at radius 2 is 1.86 bits per heavy atom. The average molecular weight is 297 g/mol. The molecule has 2 aliphatic heterocycles. The molecule has 2 saturated heterocycles. The number of carbonyl (C=O) groups is 3. The Morgan fingerprint density at radius 3 is 2.33 bits per heavy atom. The molecule has 2 bridgehead atoms. The molecule has 1 aliphatic carbocycles. The maximum Gasteiger partial charge on any atom is 0.417 e. The highest BCUT2D eigenvalue weighted by molar-refractivity contribution is 6.09. The highest BCUT2D eigenvalue weighted by Crippen LogP contribution is 2.46. The Morgan fingerprint density at radius 1 is 1.29 bits per heavy atom. The van der Waals surface area contributed by atoms with E-state index >= 15 is 0 Å². The lowest BCUT2D eigenvalue weighted by atomic mass is 9.67. The maximum atomic E-state index is 12.7. The lowest BCUT2D eigenvalue weighted by Gasteiger charge is -2.48. The number of hydrogen-bond donors (Lipinski definition) is 0. The summed E-state index contributed by atoms with van der Waals surface area (Å²) in [5.41, 5.74) is -1.87. The van der Waals surface area contributed by atoms with Crippen molar-refractivity contribution >= 4 is 18.0 Å². The number of esters is 1. The lowest BCUT2D eigenvalue weighted by Crippen LogP contribution is -2.63. The highest BCUT2D eigenvalue weighted by Gasteiger charge is 2.59. The molecule has 3 rings (SSSR count). The molecule has 6 heteroatoms. The summed E-state index contributed by atoms with van der Waals surface area (Å²) in [6, 6.07) is -0.163. The molecule has 0 atom stereocenters. The SMILES string of the molecule is CCOC(=O)C12CCC(CC1)N(C(=O)OC(C)(C)C)C2=O. The van der Waals surface area contributed by atoms with E-state index in [4.69, 9.17) is 9.47 Å². The van der Waals surface area contributed by atoms with Gasteiger partial charge < -0.3 is 9.47 Å². The van der Waals surface area contributed by atoms with E-state index in [0.29, 0.717) is 25.7 Å². The van der Waals surface area contributed by atoms with Gasteiger partial charge in [-0.1, -0.05) is 0 Å². The topological polar surface area (TPSA) is 72.9 Å². The number of ether oxygens (including phenoxy) is 2. The van der Waals surface area contributed by atoms with Crippen molar-refractivity contribution in [2.75, 3.05) is 6.61 Å². The third-order valence-electron chi connectivity index (χ3n) is 4.06. The molecule has 0 aromatic rings. The average Bonchev–Trinajstić information content (AvgIpc) is 2.38. The molecule has 118 valence electrons. The number of imide groups is 1. The van der Waals surface area contributed by atoms with Crippen molar-refractivity contribution in [1.29, 1.82) is 0 Å². The molecular formula is C15H23NO5. The van der Waals surface area contributed by atoms with Gasteiger partial charge in [0.1, 0.15) is 11.0 Å². The zero-order valence-corrected chi connectivity index (χ0v) is 13.1. The molecule has 6 nitrogen and oxygen atoms in total. The number of piperidine rings is 2. The molecule has 0 spiro atoms. The fourth-order valence-corrected chi connectivity index (χ4v) is 3.07. The second kappa shape index (κ2) is 5.31. The predicted molar refractivity (Wildman–Crippen MR) is 74.4 cm³/mol. The molecule has 0 aromatic carbocycles. The first kappa shape index (κ1) is 15.8. The monoisotopic (exact) mass is 297 g/mol. The Labute approximate surface area is 124 Å². The van der Waals surface area contributed by atoms with E-state index in [1.165, 1.54) is 0 Å². The predicted octanol–water partition coefficient (Wildman–Crippen LogP) is 2.26. The summed E-state index contributed by atoms with van der Waals surface area (Å²) < 4.78 is 10.4. The summed E-state index contributed by atoms with van der Waals surface area (Å²) in [6.07, 6.45) is 1.50. The van der Waals surface area contributed by atoms with Crippen LogP contribution in [-0.2, 0) is 19.1 Å². The molecule has 3 aliphatic rings. The fourth-order valence-electron chi connectivity index (χ4n) is 3.07. The van der Waals surface area contributed by atoms with Crippen molar-refractivity contribution in [2.24, 2.45) is 5.41 Å². The smallest absolute Gasteiger partial charge is 0.417 e. The summed E-state index contributed by atoms with van der Waals surface area (Å²) in [7, 11) is 0. The third kappa shape index (κ3) is 2.76. The van der Waals surface area contributed by atoms with Crippen LogP contribution in [0.2, 0.25) is 0 Å². The van der Waals surface area contributed by atoms with Crippen LogP contribution in [-0.4, -0.2) is 41.1 Å². The van der Waals surface area contributed by atoms with Gasteiger partial charge in [0.05, 0.1) is 6.61 Å². The van der Waals surface area contributed by atoms with Gasteiger partial charge in [-0.2, -0.15) is 0 Å². The van der Waals surface area contributed by atoms with Crippen LogP contribution in [0.3, 0.4) is 0 Å². The van der Waals surface area contributed by atoms with Gasteiger partial charge in [0.15, 0.2) is 0 Å². The van der Waals surface area contributed by atoms with Crippen molar-refractivity contribution in [3.8, 4) is 0 Å². The van der Waals surface area contributed by atoms with E-state index in [0.717, 1.165) is 4.90 Å². The second-order valence-electron chi connectivity index (χ2n) is 6.69. The summed E-state index contributed by atoms with van der Waals surface area (Å²) >= 11 is 0. The Balaban J connectivity index is 2.24. The summed E-state index contributed by atoms with van der Waals surface area (Å²) in [4.78, 5) is 38.3. The Kier molecular flexibility index (Phi) is 4.00. The molecule has 2 amide bonds. The molecule has 0 radical (unpaired) electrons. The Hall–Kier alpha value is -1.59. The molecule has 3 fully saturated rings. The van der Waals surface area contributed by atoms with Gasteiger partial charge >= 0.3 is 12.1 Å². The van der Waals surface area contributed by atoms with Crippen molar-refractivity contribution in [1.82, 2.24) is 4.90 Å². The molecule has 1 saturated carbocycles. The van der Waals surface area contributed by atoms with Crippen molar-refractivity contribution in [2.45, 2.75) is 65.0 Å². The minimum Gasteiger partial charge on any atom is -0.465 e. The van der Waals surface area contributed by atoms with E-state index in [9.17, 15) is 14.4 Å². The van der Waals surface area contributed by atoms with Crippen LogP contribution in [0.5, 0.6) is 0 Å². The maximum absolute atomic E-state index is 12.7. The van der Waals surface area contributed by atoms with Gasteiger partial charge in [-0.3, -0.25) is 9.59 Å². The van der Waals surface area contributed by atoms with E-state index in [1.54, 1.807) is 27.7 Å². The first-order chi connectivity index (χ1) is 9.71. The van der Waals surface area contributed by atoms with Crippen LogP contribution < -0.4 is 0 Å². The molecule has 0 N–H and O–H groups in total. The lowest BCUT2D eigenvalue weighted by molar-refractivity contribution is -0.176. The summed E-state index contributed by atoms with van der Waals surface area (Å²) in [5.74, 6) is -0.973. The van der Waals surface area contributed by atoms with Gasteiger partial charge in [0, 0.05) is 6.04 Å². The number of amides is 2. The number of hydrogen-bond acceptors (Lipinski definition) is 5. The number of fused-ring (bicyclic) bond motifs is 3. The van der Waals surface area contributed by atoms with Crippen LogP contribution in [0, 0.1) is 5.41 Å². The van der Waals surface area contributed by atoms with E-state index in [2.05, 4.69) is 0 Å². The van der Waals surface area contributed by atoms with E-state index < -0.39 is 29.0 Å². The minimum atomic E-state index is -1.19. The fraction of sp³-hybridized carbons (Fsp3) is 0.800. The molecular weight excluding hydrogens is 274 g/mol. The molecule has 21 heavy (non-hydrogen) atoms. The van der Waals surface area contributed by atoms with Crippen LogP contribution in [0.15, 0.2) is 0 Å². The number of nitrogens with zero attached hydrogens (tertiary/aromatic N) is 1. The molecule has 2 heterocycles. The van der Waals surface area contributed by atoms with E-state index in [1.807, 2.05) is 0 Å². The largest absolute Gasteiger partial charge is 0.465 e.